The van der Waals surface area contributed by atoms with Crippen LogP contribution in [0.4, 0.5) is 11.4 Å². The molecule has 78 heavy (non-hydrogen) atoms. The van der Waals surface area contributed by atoms with E-state index >= 15 is 0 Å². The summed E-state index contributed by atoms with van der Waals surface area (Å²) in [5, 5.41) is 4.82. The Kier molecular flexibility index (Phi) is 8.93. The van der Waals surface area contributed by atoms with E-state index in [1.807, 2.05) is 0 Å². The van der Waals surface area contributed by atoms with Gasteiger partial charge in [-0.1, -0.05) is 197 Å². The number of rotatable bonds is 3. The van der Waals surface area contributed by atoms with Gasteiger partial charge in [-0.2, -0.15) is 0 Å². The third-order valence-corrected chi connectivity index (χ3v) is 20.0. The van der Waals surface area contributed by atoms with Gasteiger partial charge >= 0.3 is 6.85 Å². The topological polar surface area (TPSA) is 21.3 Å². The highest BCUT2D eigenvalue weighted by atomic mass is 16.3. The second-order valence-electron chi connectivity index (χ2n) is 27.1. The number of furan rings is 1. The molecule has 0 spiro atoms. The first-order valence-corrected chi connectivity index (χ1v) is 28.6. The summed E-state index contributed by atoms with van der Waals surface area (Å²) in [7, 11) is 0. The second kappa shape index (κ2) is 15.1. The van der Waals surface area contributed by atoms with Crippen molar-refractivity contribution in [3.8, 4) is 61.7 Å². The molecule has 380 valence electrons. The standard InChI is InChI=1S/C74H65BN2O/c1-70(2,3)44-26-28-45(29-27-44)77-64-41-59-50(51-36-60-61(39-57(51)74(59,10)11)72(6,7)33-32-71(60,4)5)35-52(64)47-30-31-48-53-34-49-46-24-18-19-25-56(46)73(8,9)58(49)40-63(53)76-65-38-55-54(37-62(65)75(77)66(47)67(48)76)68(42-20-14-12-15-21-42)78-69(55)43-22-16-13-17-23-43/h12-31,34-41H,32-33H2,1-11H3. The van der Waals surface area contributed by atoms with Crippen LogP contribution in [-0.2, 0) is 27.1 Å². The molecule has 3 aliphatic carbocycles. The Morgan fingerprint density at radius 3 is 1.69 bits per heavy atom. The molecular formula is C74H65BN2O. The average molecular weight is 1010 g/mol. The molecule has 0 fully saturated rings. The normalized spacial score (nSPS) is 17.2. The van der Waals surface area contributed by atoms with Crippen LogP contribution in [0.2, 0.25) is 0 Å². The van der Waals surface area contributed by atoms with Gasteiger partial charge in [-0.05, 0) is 155 Å². The molecule has 0 amide bonds. The molecule has 0 saturated carbocycles. The SMILES string of the molecule is CC(C)(C)c1ccc(N2B3c4cc5c(-c6ccccc6)oc(-c6ccccc6)c5cc4-n4c5cc6c(cc5c5ccc(c3c54)-c3cc4c(cc32)C(C)(C)c2cc3c(cc2-4)C(C)(C)CCC3(C)C)-c2ccccc2C6(C)C)cc1. The highest BCUT2D eigenvalue weighted by Gasteiger charge is 2.48. The molecule has 4 heterocycles. The molecule has 9 aromatic carbocycles. The van der Waals surface area contributed by atoms with Crippen LogP contribution >= 0.6 is 0 Å². The van der Waals surface area contributed by atoms with Gasteiger partial charge in [0.2, 0.25) is 0 Å². The minimum absolute atomic E-state index is 0.000940. The predicted molar refractivity (Wildman–Crippen MR) is 330 cm³/mol. The molecule has 0 radical (unpaired) electrons. The van der Waals surface area contributed by atoms with Crippen molar-refractivity contribution < 1.29 is 4.42 Å². The van der Waals surface area contributed by atoms with Crippen LogP contribution in [0.3, 0.4) is 0 Å². The van der Waals surface area contributed by atoms with Crippen molar-refractivity contribution in [1.82, 2.24) is 4.57 Å². The maximum Gasteiger partial charge on any atom is 0.333 e. The molecule has 0 atom stereocenters. The zero-order valence-electron chi connectivity index (χ0n) is 47.0. The van der Waals surface area contributed by atoms with Crippen molar-refractivity contribution in [2.75, 3.05) is 4.81 Å². The van der Waals surface area contributed by atoms with Gasteiger partial charge in [0.1, 0.15) is 11.5 Å². The highest BCUT2D eigenvalue weighted by Crippen LogP contribution is 2.59. The van der Waals surface area contributed by atoms with E-state index in [2.05, 4.69) is 255 Å². The lowest BCUT2D eigenvalue weighted by atomic mass is 9.43. The molecule has 5 aliphatic rings. The van der Waals surface area contributed by atoms with Crippen LogP contribution in [-0.4, -0.2) is 11.4 Å². The number of anilines is 2. The molecule has 0 bridgehead atoms. The van der Waals surface area contributed by atoms with Gasteiger partial charge in [0.05, 0.1) is 11.0 Å². The summed E-state index contributed by atoms with van der Waals surface area (Å²) in [6.07, 6.45) is 2.38. The van der Waals surface area contributed by atoms with E-state index in [1.54, 1.807) is 0 Å². The van der Waals surface area contributed by atoms with Crippen molar-refractivity contribution in [3.05, 3.63) is 209 Å². The molecule has 3 nitrogen and oxygen atoms in total. The molecule has 11 aromatic rings. The lowest BCUT2D eigenvalue weighted by Gasteiger charge is -2.42. The number of fused-ring (bicyclic) bond motifs is 16. The van der Waals surface area contributed by atoms with Crippen LogP contribution in [0.25, 0.3) is 94.3 Å². The number of aromatic nitrogens is 1. The van der Waals surface area contributed by atoms with Gasteiger partial charge in [-0.15, -0.1) is 0 Å². The number of benzene rings is 9. The molecule has 0 N–H and O–H groups in total. The maximum atomic E-state index is 7.26. The monoisotopic (exact) mass is 1010 g/mol. The lowest BCUT2D eigenvalue weighted by Crippen LogP contribution is -2.60. The van der Waals surface area contributed by atoms with Crippen molar-refractivity contribution in [2.45, 2.75) is 116 Å². The predicted octanol–water partition coefficient (Wildman–Crippen LogP) is 18.4. The summed E-state index contributed by atoms with van der Waals surface area (Å²) < 4.78 is 9.94. The third-order valence-electron chi connectivity index (χ3n) is 20.0. The fraction of sp³-hybridized carbons (Fsp3) is 0.243. The Labute approximate surface area is 459 Å². The van der Waals surface area contributed by atoms with E-state index in [4.69, 9.17) is 4.42 Å². The summed E-state index contributed by atoms with van der Waals surface area (Å²) >= 11 is 0. The first-order valence-electron chi connectivity index (χ1n) is 28.6. The first-order chi connectivity index (χ1) is 37.3. The highest BCUT2D eigenvalue weighted by molar-refractivity contribution is 6.94. The van der Waals surface area contributed by atoms with E-state index in [0.717, 1.165) is 33.4 Å². The van der Waals surface area contributed by atoms with E-state index < -0.39 is 0 Å². The van der Waals surface area contributed by atoms with Crippen LogP contribution in [0.1, 0.15) is 128 Å². The van der Waals surface area contributed by atoms with E-state index in [0.29, 0.717) is 0 Å². The van der Waals surface area contributed by atoms with Gasteiger partial charge in [0, 0.05) is 66.1 Å². The molecule has 2 aliphatic heterocycles. The van der Waals surface area contributed by atoms with Crippen molar-refractivity contribution in [2.24, 2.45) is 0 Å². The summed E-state index contributed by atoms with van der Waals surface area (Å²) in [6, 6.07) is 65.7. The quantitative estimate of drug-likeness (QED) is 0.165. The first kappa shape index (κ1) is 46.3. The van der Waals surface area contributed by atoms with Gasteiger partial charge in [-0.3, -0.25) is 0 Å². The molecular weight excluding hydrogens is 944 g/mol. The molecule has 2 aromatic heterocycles. The zero-order chi connectivity index (χ0) is 53.3. The smallest absolute Gasteiger partial charge is 0.333 e. The fourth-order valence-corrected chi connectivity index (χ4v) is 15.5. The van der Waals surface area contributed by atoms with Crippen molar-refractivity contribution in [1.29, 1.82) is 0 Å². The van der Waals surface area contributed by atoms with Gasteiger partial charge in [-0.25, -0.2) is 0 Å². The average Bonchev–Trinajstić information content (AvgIpc) is 3.81. The van der Waals surface area contributed by atoms with Crippen LogP contribution in [0, 0.1) is 0 Å². The maximum absolute atomic E-state index is 7.26. The summed E-state index contributed by atoms with van der Waals surface area (Å²) in [5.41, 5.74) is 28.9. The van der Waals surface area contributed by atoms with Crippen LogP contribution in [0.5, 0.6) is 0 Å². The van der Waals surface area contributed by atoms with Gasteiger partial charge < -0.3 is 13.8 Å². The minimum Gasteiger partial charge on any atom is -0.455 e. The Morgan fingerprint density at radius 2 is 1.01 bits per heavy atom. The number of nitrogens with zero attached hydrogens (tertiary/aromatic N) is 2. The molecule has 4 heteroatoms. The van der Waals surface area contributed by atoms with Gasteiger partial charge in [0.15, 0.2) is 0 Å². The van der Waals surface area contributed by atoms with E-state index in [1.165, 1.54) is 135 Å². The second-order valence-corrected chi connectivity index (χ2v) is 27.1. The largest absolute Gasteiger partial charge is 0.455 e. The number of hydrogen-bond acceptors (Lipinski definition) is 2. The van der Waals surface area contributed by atoms with Crippen molar-refractivity contribution in [3.63, 3.8) is 0 Å². The summed E-state index contributed by atoms with van der Waals surface area (Å²) in [4.78, 5) is 2.74. The summed E-state index contributed by atoms with van der Waals surface area (Å²) in [5.74, 6) is 1.79. The Bertz CT molecular complexity index is 4460. The van der Waals surface area contributed by atoms with Crippen LogP contribution < -0.4 is 15.7 Å². The Morgan fingerprint density at radius 1 is 0.436 bits per heavy atom. The van der Waals surface area contributed by atoms with Crippen molar-refractivity contribution >= 4 is 61.7 Å². The molecule has 0 unspecified atom stereocenters. The summed E-state index contributed by atoms with van der Waals surface area (Å²) in [6.45, 7) is 26.5. The van der Waals surface area contributed by atoms with Crippen LogP contribution in [0.15, 0.2) is 174 Å². The van der Waals surface area contributed by atoms with E-state index in [9.17, 15) is 0 Å². The third kappa shape index (κ3) is 5.96. The Hall–Kier alpha value is -7.82. The lowest BCUT2D eigenvalue weighted by molar-refractivity contribution is 0.331. The Balaban J connectivity index is 1.05. The zero-order valence-corrected chi connectivity index (χ0v) is 47.0. The van der Waals surface area contributed by atoms with E-state index in [-0.39, 0.29) is 33.9 Å². The van der Waals surface area contributed by atoms with Gasteiger partial charge in [0.25, 0.3) is 0 Å². The molecule has 16 rings (SSSR count). The minimum atomic E-state index is -0.219. The molecule has 0 saturated heterocycles. The fourth-order valence-electron chi connectivity index (χ4n) is 15.5. The number of hydrogen-bond donors (Lipinski definition) is 0.